The molecule has 0 bridgehead atoms. The fraction of sp³-hybridized carbons (Fsp3) is 0.250. The van der Waals surface area contributed by atoms with E-state index in [1.807, 2.05) is 26.0 Å². The van der Waals surface area contributed by atoms with Crippen molar-refractivity contribution in [2.75, 3.05) is 0 Å². The summed E-state index contributed by atoms with van der Waals surface area (Å²) in [5.74, 6) is -0.821. The molecule has 6 heteroatoms. The number of carboxylic acid groups (broad SMARTS) is 1. The minimum Gasteiger partial charge on any atom is -0.481 e. The lowest BCUT2D eigenvalue weighted by molar-refractivity contribution is -0.136. The van der Waals surface area contributed by atoms with Crippen LogP contribution in [0.1, 0.15) is 16.3 Å². The van der Waals surface area contributed by atoms with E-state index in [1.165, 1.54) is 23.1 Å². The summed E-state index contributed by atoms with van der Waals surface area (Å²) in [6.07, 6.45) is 1.80. The van der Waals surface area contributed by atoms with E-state index in [2.05, 4.69) is 9.97 Å². The molecule has 0 saturated heterocycles. The Morgan fingerprint density at radius 2 is 2.28 bits per heavy atom. The summed E-state index contributed by atoms with van der Waals surface area (Å²) < 4.78 is 0.870. The van der Waals surface area contributed by atoms with Crippen molar-refractivity contribution in [3.05, 3.63) is 34.6 Å². The van der Waals surface area contributed by atoms with Crippen LogP contribution in [-0.2, 0) is 11.2 Å². The van der Waals surface area contributed by atoms with E-state index in [1.54, 1.807) is 6.20 Å². The van der Waals surface area contributed by atoms with Crippen molar-refractivity contribution in [1.29, 1.82) is 0 Å². The van der Waals surface area contributed by atoms with E-state index >= 15 is 0 Å². The topological polar surface area (TPSA) is 63.1 Å². The lowest BCUT2D eigenvalue weighted by Crippen LogP contribution is -1.99. The second-order valence-corrected chi connectivity index (χ2v) is 6.20. The number of nitrogens with zero attached hydrogens (tertiary/aromatic N) is 2. The number of hydrogen-bond acceptors (Lipinski definition) is 5. The maximum absolute atomic E-state index is 10.7. The molecule has 4 nitrogen and oxygen atoms in total. The van der Waals surface area contributed by atoms with Gasteiger partial charge in [0.25, 0.3) is 0 Å². The summed E-state index contributed by atoms with van der Waals surface area (Å²) in [5.41, 5.74) is 1.76. The number of carboxylic acids is 1. The predicted octanol–water partition coefficient (Wildman–Crippen LogP) is 2.93. The first-order valence-electron chi connectivity index (χ1n) is 5.33. The molecular weight excluding hydrogens is 268 g/mol. The fourth-order valence-electron chi connectivity index (χ4n) is 1.43. The first-order chi connectivity index (χ1) is 8.54. The third-order valence-electron chi connectivity index (χ3n) is 2.26. The molecule has 18 heavy (non-hydrogen) atoms. The van der Waals surface area contributed by atoms with Crippen molar-refractivity contribution in [2.24, 2.45) is 0 Å². The van der Waals surface area contributed by atoms with Crippen LogP contribution >= 0.6 is 23.1 Å². The zero-order valence-electron chi connectivity index (χ0n) is 10.0. The SMILES string of the molecule is Cc1cc(Sc2nc(C)c(CC(=O)O)s2)ccn1. The van der Waals surface area contributed by atoms with Crippen molar-refractivity contribution in [3.8, 4) is 0 Å². The Hall–Kier alpha value is -1.40. The van der Waals surface area contributed by atoms with Crippen molar-refractivity contribution in [3.63, 3.8) is 0 Å². The maximum Gasteiger partial charge on any atom is 0.308 e. The van der Waals surface area contributed by atoms with Crippen LogP contribution in [0.3, 0.4) is 0 Å². The Morgan fingerprint density at radius 1 is 1.50 bits per heavy atom. The number of thiazole rings is 1. The zero-order valence-corrected chi connectivity index (χ0v) is 11.6. The molecule has 2 aromatic rings. The summed E-state index contributed by atoms with van der Waals surface area (Å²) in [5, 5.41) is 8.79. The van der Waals surface area contributed by atoms with Gasteiger partial charge < -0.3 is 5.11 Å². The second-order valence-electron chi connectivity index (χ2n) is 3.79. The lowest BCUT2D eigenvalue weighted by Gasteiger charge is -1.97. The fourth-order valence-corrected chi connectivity index (χ4v) is 3.71. The van der Waals surface area contributed by atoms with E-state index in [-0.39, 0.29) is 6.42 Å². The molecule has 0 aliphatic carbocycles. The average molecular weight is 280 g/mol. The Kier molecular flexibility index (Phi) is 3.98. The average Bonchev–Trinajstić information content (AvgIpc) is 2.58. The third-order valence-corrected chi connectivity index (χ3v) is 4.47. The number of aliphatic carboxylic acids is 1. The molecule has 0 amide bonds. The van der Waals surface area contributed by atoms with E-state index in [9.17, 15) is 4.79 Å². The second kappa shape index (κ2) is 5.49. The van der Waals surface area contributed by atoms with E-state index in [4.69, 9.17) is 5.11 Å². The quantitative estimate of drug-likeness (QED) is 0.933. The molecule has 0 aromatic carbocycles. The van der Waals surface area contributed by atoms with Crippen LogP contribution in [0.2, 0.25) is 0 Å². The molecule has 0 radical (unpaired) electrons. The summed E-state index contributed by atoms with van der Waals surface area (Å²) >= 11 is 2.98. The highest BCUT2D eigenvalue weighted by Crippen LogP contribution is 2.33. The van der Waals surface area contributed by atoms with Crippen LogP contribution < -0.4 is 0 Å². The minimum atomic E-state index is -0.821. The van der Waals surface area contributed by atoms with Gasteiger partial charge in [-0.2, -0.15) is 0 Å². The van der Waals surface area contributed by atoms with Crippen molar-refractivity contribution in [1.82, 2.24) is 9.97 Å². The van der Waals surface area contributed by atoms with Gasteiger partial charge in [-0.1, -0.05) is 11.8 Å². The predicted molar refractivity (Wildman–Crippen MR) is 71.3 cm³/mol. The number of rotatable bonds is 4. The van der Waals surface area contributed by atoms with Crippen molar-refractivity contribution >= 4 is 29.1 Å². The Morgan fingerprint density at radius 3 is 2.94 bits per heavy atom. The van der Waals surface area contributed by atoms with Crippen LogP contribution in [0.15, 0.2) is 27.6 Å². The first-order valence-corrected chi connectivity index (χ1v) is 6.96. The summed E-state index contributed by atoms with van der Waals surface area (Å²) in [6, 6.07) is 3.91. The van der Waals surface area contributed by atoms with Gasteiger partial charge in [-0.25, -0.2) is 4.98 Å². The molecule has 0 unspecified atom stereocenters. The highest BCUT2D eigenvalue weighted by Gasteiger charge is 2.11. The Balaban J connectivity index is 2.17. The molecule has 0 spiro atoms. The Labute approximate surface area is 113 Å². The molecule has 2 heterocycles. The highest BCUT2D eigenvalue weighted by molar-refractivity contribution is 8.01. The van der Waals surface area contributed by atoms with E-state index in [0.29, 0.717) is 0 Å². The van der Waals surface area contributed by atoms with Gasteiger partial charge in [-0.15, -0.1) is 11.3 Å². The largest absolute Gasteiger partial charge is 0.481 e. The van der Waals surface area contributed by atoms with Gasteiger partial charge in [0.1, 0.15) is 0 Å². The van der Waals surface area contributed by atoms with Crippen LogP contribution in [0, 0.1) is 13.8 Å². The third kappa shape index (κ3) is 3.30. The van der Waals surface area contributed by atoms with E-state index in [0.717, 1.165) is 25.5 Å². The standard InChI is InChI=1S/C12H12N2O2S2/c1-7-5-9(3-4-13-7)17-12-14-8(2)10(18-12)6-11(15)16/h3-5H,6H2,1-2H3,(H,15,16). The molecule has 0 fully saturated rings. The van der Waals surface area contributed by atoms with Crippen LogP contribution in [-0.4, -0.2) is 21.0 Å². The number of aromatic nitrogens is 2. The number of hydrogen-bond donors (Lipinski definition) is 1. The smallest absolute Gasteiger partial charge is 0.308 e. The van der Waals surface area contributed by atoms with Crippen LogP contribution in [0.5, 0.6) is 0 Å². The van der Waals surface area contributed by atoms with Gasteiger partial charge in [0.2, 0.25) is 0 Å². The summed E-state index contributed by atoms with van der Waals surface area (Å²) in [4.78, 5) is 21.1. The van der Waals surface area contributed by atoms with Crippen molar-refractivity contribution in [2.45, 2.75) is 29.5 Å². The normalized spacial score (nSPS) is 10.6. The molecule has 0 aliphatic rings. The van der Waals surface area contributed by atoms with Gasteiger partial charge in [0, 0.05) is 21.7 Å². The summed E-state index contributed by atoms with van der Waals surface area (Å²) in [7, 11) is 0. The van der Waals surface area contributed by atoms with E-state index < -0.39 is 5.97 Å². The minimum absolute atomic E-state index is 0.0411. The molecule has 2 rings (SSSR count). The van der Waals surface area contributed by atoms with Gasteiger partial charge in [0.05, 0.1) is 12.1 Å². The Bertz CT molecular complexity index is 581. The van der Waals surface area contributed by atoms with Gasteiger partial charge in [-0.05, 0) is 26.0 Å². The molecule has 2 aromatic heterocycles. The maximum atomic E-state index is 10.7. The van der Waals surface area contributed by atoms with Gasteiger partial charge >= 0.3 is 5.97 Å². The zero-order chi connectivity index (χ0) is 13.1. The lowest BCUT2D eigenvalue weighted by atomic mass is 10.3. The molecule has 0 aliphatic heterocycles. The molecule has 94 valence electrons. The van der Waals surface area contributed by atoms with Gasteiger partial charge in [0.15, 0.2) is 4.34 Å². The number of pyridine rings is 1. The van der Waals surface area contributed by atoms with Crippen LogP contribution in [0.25, 0.3) is 0 Å². The monoisotopic (exact) mass is 280 g/mol. The molecule has 0 atom stereocenters. The highest BCUT2D eigenvalue weighted by atomic mass is 32.2. The van der Waals surface area contributed by atoms with Crippen LogP contribution in [0.4, 0.5) is 0 Å². The van der Waals surface area contributed by atoms with Gasteiger partial charge in [-0.3, -0.25) is 9.78 Å². The molecule has 0 saturated carbocycles. The molecular formula is C12H12N2O2S2. The number of carbonyl (C=O) groups is 1. The van der Waals surface area contributed by atoms with Crippen molar-refractivity contribution < 1.29 is 9.90 Å². The first kappa shape index (κ1) is 13.0. The number of aryl methyl sites for hydroxylation is 2. The molecule has 1 N–H and O–H groups in total. The summed E-state index contributed by atoms with van der Waals surface area (Å²) in [6.45, 7) is 3.78.